The molecule has 1 unspecified atom stereocenters. The van der Waals surface area contributed by atoms with Gasteiger partial charge in [0, 0.05) is 24.8 Å². The average Bonchev–Trinajstić information content (AvgIpc) is 2.24. The minimum atomic E-state index is -0.516. The quantitative estimate of drug-likeness (QED) is 0.891. The van der Waals surface area contributed by atoms with E-state index < -0.39 is 6.10 Å². The summed E-state index contributed by atoms with van der Waals surface area (Å²) in [7, 11) is 0. The Balaban J connectivity index is 2.36. The fourth-order valence-electron chi connectivity index (χ4n) is 2.94. The maximum atomic E-state index is 9.90. The predicted octanol–water partition coefficient (Wildman–Crippen LogP) is 2.53. The van der Waals surface area contributed by atoms with Crippen molar-refractivity contribution in [2.75, 3.05) is 18.0 Å². The van der Waals surface area contributed by atoms with Crippen LogP contribution in [0, 0.1) is 0 Å². The molecular formula is C15H24N2O2. The molecule has 1 fully saturated rings. The third-order valence-electron chi connectivity index (χ3n) is 3.26. The third kappa shape index (κ3) is 3.25. The van der Waals surface area contributed by atoms with Crippen molar-refractivity contribution in [2.24, 2.45) is 0 Å². The summed E-state index contributed by atoms with van der Waals surface area (Å²) in [5.41, 5.74) is 0.417. The lowest BCUT2D eigenvalue weighted by Gasteiger charge is -2.48. The van der Waals surface area contributed by atoms with Crippen molar-refractivity contribution in [3.63, 3.8) is 0 Å². The van der Waals surface area contributed by atoms with Crippen LogP contribution in [0.15, 0.2) is 18.3 Å². The van der Waals surface area contributed by atoms with Crippen LogP contribution in [0.4, 0.5) is 5.82 Å². The molecule has 1 aromatic heterocycles. The van der Waals surface area contributed by atoms with Crippen molar-refractivity contribution in [1.82, 2.24) is 4.98 Å². The molecule has 106 valence electrons. The number of ether oxygens (including phenoxy) is 1. The lowest BCUT2D eigenvalue weighted by atomic mass is 9.98. The molecule has 0 spiro atoms. The topological polar surface area (TPSA) is 45.6 Å². The normalized spacial score (nSPS) is 23.2. The lowest BCUT2D eigenvalue weighted by Crippen LogP contribution is -2.57. The van der Waals surface area contributed by atoms with Crippen LogP contribution in [0.2, 0.25) is 0 Å². The molecule has 1 saturated heterocycles. The van der Waals surface area contributed by atoms with Crippen molar-refractivity contribution >= 4 is 5.82 Å². The van der Waals surface area contributed by atoms with Gasteiger partial charge in [-0.25, -0.2) is 4.98 Å². The second-order valence-corrected chi connectivity index (χ2v) is 6.57. The zero-order valence-corrected chi connectivity index (χ0v) is 12.5. The van der Waals surface area contributed by atoms with Crippen LogP contribution in [0.3, 0.4) is 0 Å². The molecule has 0 radical (unpaired) electrons. The van der Waals surface area contributed by atoms with E-state index in [1.54, 1.807) is 13.1 Å². The number of morpholine rings is 1. The lowest BCUT2D eigenvalue weighted by molar-refractivity contribution is -0.133. The van der Waals surface area contributed by atoms with Crippen LogP contribution in [0.1, 0.15) is 46.3 Å². The van der Waals surface area contributed by atoms with Crippen molar-refractivity contribution in [3.8, 4) is 0 Å². The van der Waals surface area contributed by atoms with E-state index in [1.807, 2.05) is 12.1 Å². The van der Waals surface area contributed by atoms with E-state index in [4.69, 9.17) is 4.74 Å². The highest BCUT2D eigenvalue weighted by Gasteiger charge is 2.39. The summed E-state index contributed by atoms with van der Waals surface area (Å²) in [5, 5.41) is 9.90. The first-order valence-electron chi connectivity index (χ1n) is 6.78. The largest absolute Gasteiger partial charge is 0.389 e. The number of aliphatic hydroxyl groups is 1. The Hall–Kier alpha value is -1.13. The first kappa shape index (κ1) is 14.3. The molecule has 4 heteroatoms. The van der Waals surface area contributed by atoms with Gasteiger partial charge in [0.25, 0.3) is 0 Å². The number of anilines is 1. The van der Waals surface area contributed by atoms with E-state index in [2.05, 4.69) is 37.6 Å². The first-order chi connectivity index (χ1) is 8.70. The molecule has 0 saturated carbocycles. The Bertz CT molecular complexity index is 439. The van der Waals surface area contributed by atoms with E-state index in [0.717, 1.165) is 24.5 Å². The number of aliphatic hydroxyl groups excluding tert-OH is 1. The van der Waals surface area contributed by atoms with Gasteiger partial charge in [-0.05, 0) is 40.7 Å². The number of hydrogen-bond acceptors (Lipinski definition) is 4. The van der Waals surface area contributed by atoms with Crippen molar-refractivity contribution in [3.05, 3.63) is 23.9 Å². The minimum absolute atomic E-state index is 0.227. The van der Waals surface area contributed by atoms with Crippen molar-refractivity contribution in [2.45, 2.75) is 51.9 Å². The molecule has 0 aromatic carbocycles. The molecule has 1 aliphatic heterocycles. The van der Waals surface area contributed by atoms with Gasteiger partial charge in [0.15, 0.2) is 0 Å². The van der Waals surface area contributed by atoms with E-state index in [1.165, 1.54) is 0 Å². The van der Waals surface area contributed by atoms with Crippen LogP contribution in [-0.4, -0.2) is 34.4 Å². The van der Waals surface area contributed by atoms with Gasteiger partial charge in [0.05, 0.1) is 17.3 Å². The number of nitrogens with zero attached hydrogens (tertiary/aromatic N) is 2. The molecule has 19 heavy (non-hydrogen) atoms. The van der Waals surface area contributed by atoms with E-state index in [0.29, 0.717) is 0 Å². The summed E-state index contributed by atoms with van der Waals surface area (Å²) in [6.45, 7) is 11.7. The van der Waals surface area contributed by atoms with Crippen LogP contribution < -0.4 is 4.90 Å². The second kappa shape index (κ2) is 4.76. The zero-order valence-electron chi connectivity index (χ0n) is 12.5. The summed E-state index contributed by atoms with van der Waals surface area (Å²) in [5.74, 6) is 0.863. The van der Waals surface area contributed by atoms with Crippen LogP contribution >= 0.6 is 0 Å². The van der Waals surface area contributed by atoms with Gasteiger partial charge >= 0.3 is 0 Å². The van der Waals surface area contributed by atoms with Gasteiger partial charge in [-0.2, -0.15) is 0 Å². The summed E-state index contributed by atoms with van der Waals surface area (Å²) in [4.78, 5) is 6.68. The number of aromatic nitrogens is 1. The third-order valence-corrected chi connectivity index (χ3v) is 3.26. The summed E-state index contributed by atoms with van der Waals surface area (Å²) >= 11 is 0. The molecule has 1 N–H and O–H groups in total. The molecular weight excluding hydrogens is 240 g/mol. The van der Waals surface area contributed by atoms with Gasteiger partial charge in [-0.1, -0.05) is 6.07 Å². The molecule has 0 amide bonds. The van der Waals surface area contributed by atoms with Gasteiger partial charge in [0.2, 0.25) is 0 Å². The summed E-state index contributed by atoms with van der Waals surface area (Å²) in [6, 6.07) is 3.80. The number of pyridine rings is 1. The molecule has 2 heterocycles. The predicted molar refractivity (Wildman–Crippen MR) is 76.3 cm³/mol. The van der Waals surface area contributed by atoms with E-state index in [9.17, 15) is 5.11 Å². The minimum Gasteiger partial charge on any atom is -0.389 e. The van der Waals surface area contributed by atoms with Crippen LogP contribution in [0.25, 0.3) is 0 Å². The highest BCUT2D eigenvalue weighted by molar-refractivity contribution is 5.49. The van der Waals surface area contributed by atoms with Crippen LogP contribution in [-0.2, 0) is 4.74 Å². The zero-order chi connectivity index (χ0) is 14.3. The first-order valence-corrected chi connectivity index (χ1v) is 6.78. The van der Waals surface area contributed by atoms with Gasteiger partial charge < -0.3 is 14.7 Å². The van der Waals surface area contributed by atoms with Crippen molar-refractivity contribution < 1.29 is 9.84 Å². The van der Waals surface area contributed by atoms with Gasteiger partial charge in [-0.3, -0.25) is 0 Å². The Morgan fingerprint density at radius 1 is 1.26 bits per heavy atom. The monoisotopic (exact) mass is 264 g/mol. The maximum absolute atomic E-state index is 9.90. The van der Waals surface area contributed by atoms with Crippen LogP contribution in [0.5, 0.6) is 0 Å². The number of rotatable bonds is 2. The summed E-state index contributed by atoms with van der Waals surface area (Å²) in [6.07, 6.45) is 1.26. The number of hydrogen-bond donors (Lipinski definition) is 1. The molecule has 1 atom stereocenters. The van der Waals surface area contributed by atoms with E-state index >= 15 is 0 Å². The Kier molecular flexibility index (Phi) is 3.58. The van der Waals surface area contributed by atoms with Gasteiger partial charge in [-0.15, -0.1) is 0 Å². The molecule has 1 aromatic rings. The Morgan fingerprint density at radius 2 is 1.84 bits per heavy atom. The SMILES string of the molecule is CC(O)c1cccnc1N1CC(C)(C)OC(C)(C)C1. The fourth-order valence-corrected chi connectivity index (χ4v) is 2.94. The average molecular weight is 264 g/mol. The smallest absolute Gasteiger partial charge is 0.134 e. The second-order valence-electron chi connectivity index (χ2n) is 6.57. The molecule has 2 rings (SSSR count). The highest BCUT2D eigenvalue weighted by Crippen LogP contribution is 2.33. The molecule has 1 aliphatic rings. The van der Waals surface area contributed by atoms with Crippen molar-refractivity contribution in [1.29, 1.82) is 0 Å². The van der Waals surface area contributed by atoms with Gasteiger partial charge in [0.1, 0.15) is 5.82 Å². The molecule has 0 aliphatic carbocycles. The van der Waals surface area contributed by atoms with E-state index in [-0.39, 0.29) is 11.2 Å². The molecule has 0 bridgehead atoms. The summed E-state index contributed by atoms with van der Waals surface area (Å²) < 4.78 is 6.08. The Labute approximate surface area is 115 Å². The molecule has 4 nitrogen and oxygen atoms in total. The fraction of sp³-hybridized carbons (Fsp3) is 0.667. The standard InChI is InChI=1S/C15H24N2O2/c1-11(18)12-7-6-8-16-13(12)17-9-14(2,3)19-15(4,5)10-17/h6-8,11,18H,9-10H2,1-5H3. The maximum Gasteiger partial charge on any atom is 0.134 e. The Morgan fingerprint density at radius 3 is 2.37 bits per heavy atom. The highest BCUT2D eigenvalue weighted by atomic mass is 16.5.